The van der Waals surface area contributed by atoms with Crippen LogP contribution in [0.3, 0.4) is 0 Å². The molecule has 76 valence electrons. The van der Waals surface area contributed by atoms with Crippen molar-refractivity contribution in [3.63, 3.8) is 0 Å². The van der Waals surface area contributed by atoms with Gasteiger partial charge >= 0.3 is 6.09 Å². The number of nitrogens with one attached hydrogen (secondary N) is 2. The molecule has 2 N–H and O–H groups in total. The Morgan fingerprint density at radius 1 is 1.85 bits per heavy atom. The van der Waals surface area contributed by atoms with E-state index in [1.165, 1.54) is 0 Å². The summed E-state index contributed by atoms with van der Waals surface area (Å²) in [7, 11) is 1.87. The van der Waals surface area contributed by atoms with Gasteiger partial charge in [0, 0.05) is 6.54 Å². The first-order valence-corrected chi connectivity index (χ1v) is 4.43. The van der Waals surface area contributed by atoms with Crippen LogP contribution >= 0.6 is 0 Å². The first-order chi connectivity index (χ1) is 6.22. The van der Waals surface area contributed by atoms with Crippen LogP contribution in [0, 0.1) is 0 Å². The SMILES string of the molecule is CNCC(C)OCC1CNC(=O)O1. The zero-order chi connectivity index (χ0) is 9.68. The van der Waals surface area contributed by atoms with E-state index in [0.29, 0.717) is 13.2 Å². The Bertz CT molecular complexity index is 175. The standard InChI is InChI=1S/C8H16N2O3/c1-6(3-9-2)12-5-7-4-10-8(11)13-7/h6-7,9H,3-5H2,1-2H3,(H,10,11). The van der Waals surface area contributed by atoms with Crippen LogP contribution in [0.15, 0.2) is 0 Å². The third-order valence-corrected chi connectivity index (χ3v) is 1.81. The number of carbonyl (C=O) groups excluding carboxylic acids is 1. The molecule has 0 bridgehead atoms. The van der Waals surface area contributed by atoms with Crippen LogP contribution in [0.25, 0.3) is 0 Å². The minimum absolute atomic E-state index is 0.133. The predicted octanol–water partition coefficient (Wildman–Crippen LogP) is -0.281. The highest BCUT2D eigenvalue weighted by Crippen LogP contribution is 2.01. The fourth-order valence-corrected chi connectivity index (χ4v) is 1.14. The smallest absolute Gasteiger partial charge is 0.407 e. The van der Waals surface area contributed by atoms with Crippen LogP contribution < -0.4 is 10.6 Å². The fraction of sp³-hybridized carbons (Fsp3) is 0.875. The van der Waals surface area contributed by atoms with Crippen molar-refractivity contribution >= 4 is 6.09 Å². The molecule has 0 radical (unpaired) electrons. The molecule has 0 aromatic carbocycles. The number of cyclic esters (lactones) is 1. The quantitative estimate of drug-likeness (QED) is 0.623. The second-order valence-electron chi connectivity index (χ2n) is 3.11. The molecule has 0 spiro atoms. The van der Waals surface area contributed by atoms with Gasteiger partial charge in [-0.2, -0.15) is 0 Å². The molecule has 1 saturated heterocycles. The minimum atomic E-state index is -0.352. The van der Waals surface area contributed by atoms with Gasteiger partial charge in [-0.05, 0) is 14.0 Å². The lowest BCUT2D eigenvalue weighted by atomic mass is 10.3. The summed E-state index contributed by atoms with van der Waals surface area (Å²) < 4.78 is 10.3. The molecule has 5 heteroatoms. The maximum absolute atomic E-state index is 10.6. The number of hydrogen-bond acceptors (Lipinski definition) is 4. The lowest BCUT2D eigenvalue weighted by Gasteiger charge is -2.14. The van der Waals surface area contributed by atoms with Gasteiger partial charge in [0.05, 0.1) is 19.3 Å². The molecule has 1 aliphatic heterocycles. The van der Waals surface area contributed by atoms with E-state index in [-0.39, 0.29) is 18.3 Å². The number of amides is 1. The second-order valence-corrected chi connectivity index (χ2v) is 3.11. The molecular formula is C8H16N2O3. The largest absolute Gasteiger partial charge is 0.442 e. The Kier molecular flexibility index (Phi) is 3.98. The summed E-state index contributed by atoms with van der Waals surface area (Å²) in [5, 5.41) is 5.57. The number of hydrogen-bond donors (Lipinski definition) is 2. The predicted molar refractivity (Wildman–Crippen MR) is 47.6 cm³/mol. The van der Waals surface area contributed by atoms with E-state index in [0.717, 1.165) is 6.54 Å². The summed E-state index contributed by atoms with van der Waals surface area (Å²) in [6.45, 7) is 3.78. The van der Waals surface area contributed by atoms with Crippen LogP contribution in [0.2, 0.25) is 0 Å². The Morgan fingerprint density at radius 3 is 3.15 bits per heavy atom. The van der Waals surface area contributed by atoms with Crippen LogP contribution in [0.4, 0.5) is 4.79 Å². The van der Waals surface area contributed by atoms with Gasteiger partial charge in [-0.3, -0.25) is 0 Å². The Labute approximate surface area is 77.8 Å². The van der Waals surface area contributed by atoms with Crippen molar-refractivity contribution in [3.05, 3.63) is 0 Å². The highest BCUT2D eigenvalue weighted by Gasteiger charge is 2.22. The maximum atomic E-state index is 10.6. The van der Waals surface area contributed by atoms with Crippen molar-refractivity contribution in [3.8, 4) is 0 Å². The summed E-state index contributed by atoms with van der Waals surface area (Å²) in [4.78, 5) is 10.6. The average Bonchev–Trinajstić information content (AvgIpc) is 2.49. The normalized spacial score (nSPS) is 23.8. The van der Waals surface area contributed by atoms with E-state index < -0.39 is 0 Å². The molecule has 1 heterocycles. The summed E-state index contributed by atoms with van der Waals surface area (Å²) in [6.07, 6.45) is -0.342. The third kappa shape index (κ3) is 3.61. The van der Waals surface area contributed by atoms with Crippen molar-refractivity contribution in [2.45, 2.75) is 19.1 Å². The first-order valence-electron chi connectivity index (χ1n) is 4.43. The molecule has 2 unspecified atom stereocenters. The molecule has 0 aromatic heterocycles. The van der Waals surface area contributed by atoms with E-state index in [9.17, 15) is 4.79 Å². The van der Waals surface area contributed by atoms with Gasteiger partial charge in [-0.1, -0.05) is 0 Å². The van der Waals surface area contributed by atoms with Crippen molar-refractivity contribution in [2.24, 2.45) is 0 Å². The minimum Gasteiger partial charge on any atom is -0.442 e. The topological polar surface area (TPSA) is 59.6 Å². The lowest BCUT2D eigenvalue weighted by Crippen LogP contribution is -2.28. The summed E-state index contributed by atoms with van der Waals surface area (Å²) in [6, 6.07) is 0. The van der Waals surface area contributed by atoms with Crippen molar-refractivity contribution in [1.82, 2.24) is 10.6 Å². The van der Waals surface area contributed by atoms with Crippen molar-refractivity contribution < 1.29 is 14.3 Å². The fourth-order valence-electron chi connectivity index (χ4n) is 1.14. The Hall–Kier alpha value is -0.810. The molecule has 13 heavy (non-hydrogen) atoms. The van der Waals surface area contributed by atoms with Crippen molar-refractivity contribution in [2.75, 3.05) is 26.7 Å². The van der Waals surface area contributed by atoms with E-state index in [1.54, 1.807) is 0 Å². The van der Waals surface area contributed by atoms with Gasteiger partial charge in [-0.25, -0.2) is 4.79 Å². The van der Waals surface area contributed by atoms with Crippen LogP contribution in [-0.2, 0) is 9.47 Å². The van der Waals surface area contributed by atoms with Gasteiger partial charge in [-0.15, -0.1) is 0 Å². The lowest BCUT2D eigenvalue weighted by molar-refractivity contribution is 0.00891. The van der Waals surface area contributed by atoms with E-state index in [1.807, 2.05) is 14.0 Å². The molecule has 2 atom stereocenters. The number of alkyl carbamates (subject to hydrolysis) is 1. The monoisotopic (exact) mass is 188 g/mol. The van der Waals surface area contributed by atoms with Gasteiger partial charge in [0.1, 0.15) is 6.10 Å². The highest BCUT2D eigenvalue weighted by molar-refractivity contribution is 5.69. The summed E-state index contributed by atoms with van der Waals surface area (Å²) in [5.41, 5.74) is 0. The van der Waals surface area contributed by atoms with Gasteiger partial charge in [0.25, 0.3) is 0 Å². The maximum Gasteiger partial charge on any atom is 0.407 e. The molecule has 5 nitrogen and oxygen atoms in total. The van der Waals surface area contributed by atoms with E-state index in [2.05, 4.69) is 10.6 Å². The Balaban J connectivity index is 2.08. The van der Waals surface area contributed by atoms with E-state index in [4.69, 9.17) is 9.47 Å². The number of likely N-dealkylation sites (N-methyl/N-ethyl adjacent to an activating group) is 1. The number of ether oxygens (including phenoxy) is 2. The number of carbonyl (C=O) groups is 1. The number of rotatable bonds is 5. The van der Waals surface area contributed by atoms with Gasteiger partial charge in [0.15, 0.2) is 0 Å². The van der Waals surface area contributed by atoms with Crippen LogP contribution in [0.1, 0.15) is 6.92 Å². The third-order valence-electron chi connectivity index (χ3n) is 1.81. The van der Waals surface area contributed by atoms with Crippen LogP contribution in [0.5, 0.6) is 0 Å². The molecule has 1 fully saturated rings. The van der Waals surface area contributed by atoms with E-state index >= 15 is 0 Å². The summed E-state index contributed by atoms with van der Waals surface area (Å²) >= 11 is 0. The first kappa shape index (κ1) is 10.3. The zero-order valence-electron chi connectivity index (χ0n) is 8.00. The highest BCUT2D eigenvalue weighted by atomic mass is 16.6. The van der Waals surface area contributed by atoms with Gasteiger partial charge in [0.2, 0.25) is 0 Å². The second kappa shape index (κ2) is 5.04. The molecule has 0 aliphatic carbocycles. The zero-order valence-corrected chi connectivity index (χ0v) is 8.00. The average molecular weight is 188 g/mol. The molecule has 0 saturated carbocycles. The van der Waals surface area contributed by atoms with Crippen LogP contribution in [-0.4, -0.2) is 45.0 Å². The molecule has 1 rings (SSSR count). The Morgan fingerprint density at radius 2 is 2.62 bits per heavy atom. The molecule has 1 aliphatic rings. The molecule has 0 aromatic rings. The summed E-state index contributed by atoms with van der Waals surface area (Å²) in [5.74, 6) is 0. The molecular weight excluding hydrogens is 172 g/mol. The molecule has 1 amide bonds. The van der Waals surface area contributed by atoms with Crippen molar-refractivity contribution in [1.29, 1.82) is 0 Å². The van der Waals surface area contributed by atoms with Gasteiger partial charge < -0.3 is 20.1 Å².